The summed E-state index contributed by atoms with van der Waals surface area (Å²) >= 11 is 17.2. The third-order valence-electron chi connectivity index (χ3n) is 2.75. The first-order chi connectivity index (χ1) is 9.58. The van der Waals surface area contributed by atoms with Crippen LogP contribution >= 0.6 is 50.9 Å². The van der Waals surface area contributed by atoms with E-state index in [1.807, 2.05) is 36.4 Å². The molecule has 0 heterocycles. The first-order valence-electron chi connectivity index (χ1n) is 6.06. The zero-order chi connectivity index (χ0) is 14.5. The molecular formula is C15H13BrCl2OS. The lowest BCUT2D eigenvalue weighted by molar-refractivity contribution is 0.200. The van der Waals surface area contributed by atoms with E-state index in [1.54, 1.807) is 17.8 Å². The molecule has 0 aliphatic heterocycles. The van der Waals surface area contributed by atoms with Crippen molar-refractivity contribution in [3.63, 3.8) is 0 Å². The zero-order valence-corrected chi connectivity index (χ0v) is 14.4. The molecule has 0 saturated heterocycles. The molecule has 0 fully saturated rings. The topological polar surface area (TPSA) is 20.2 Å². The third-order valence-corrected chi connectivity index (χ3v) is 5.79. The summed E-state index contributed by atoms with van der Waals surface area (Å²) in [4.78, 5) is 1.11. The van der Waals surface area contributed by atoms with Gasteiger partial charge in [0.15, 0.2) is 0 Å². The largest absolute Gasteiger partial charge is 0.392 e. The highest BCUT2D eigenvalue weighted by Crippen LogP contribution is 2.30. The lowest BCUT2D eigenvalue weighted by Crippen LogP contribution is -2.13. The molecule has 0 aromatic heterocycles. The highest BCUT2D eigenvalue weighted by Gasteiger charge is 2.11. The predicted octanol–water partition coefficient (Wildman–Crippen LogP) is 5.45. The molecule has 0 aliphatic carbocycles. The Hall–Kier alpha value is -0.190. The van der Waals surface area contributed by atoms with Gasteiger partial charge in [-0.3, -0.25) is 0 Å². The van der Waals surface area contributed by atoms with E-state index in [1.165, 1.54) is 0 Å². The quantitative estimate of drug-likeness (QED) is 0.683. The molecule has 1 N–H and O–H groups in total. The Balaban J connectivity index is 1.94. The maximum Gasteiger partial charge on any atom is 0.0674 e. The molecule has 1 atom stereocenters. The van der Waals surface area contributed by atoms with Crippen LogP contribution in [0, 0.1) is 0 Å². The summed E-state index contributed by atoms with van der Waals surface area (Å²) < 4.78 is 1.04. The molecule has 1 unspecified atom stereocenters. The van der Waals surface area contributed by atoms with Crippen LogP contribution in [0.1, 0.15) is 5.56 Å². The normalized spacial score (nSPS) is 12.4. The predicted molar refractivity (Wildman–Crippen MR) is 91.0 cm³/mol. The van der Waals surface area contributed by atoms with E-state index in [4.69, 9.17) is 23.2 Å². The Kier molecular flexibility index (Phi) is 6.24. The summed E-state index contributed by atoms with van der Waals surface area (Å²) in [5.74, 6) is 0.603. The fourth-order valence-corrected chi connectivity index (χ4v) is 3.66. The standard InChI is InChI=1S/C15H13BrCl2OS/c16-12-5-1-2-7-14(12)20-9-11(19)8-10-4-3-6-13(17)15(10)18/h1-7,11,19H,8-9H2. The molecule has 0 spiro atoms. The van der Waals surface area contributed by atoms with E-state index >= 15 is 0 Å². The SMILES string of the molecule is OC(CSc1ccccc1Br)Cc1cccc(Cl)c1Cl. The van der Waals surface area contributed by atoms with E-state index < -0.39 is 6.10 Å². The van der Waals surface area contributed by atoms with Crippen molar-refractivity contribution in [2.24, 2.45) is 0 Å². The van der Waals surface area contributed by atoms with Crippen molar-refractivity contribution < 1.29 is 5.11 Å². The molecule has 20 heavy (non-hydrogen) atoms. The Labute approximate surface area is 141 Å². The van der Waals surface area contributed by atoms with Crippen LogP contribution in [0.15, 0.2) is 51.8 Å². The fourth-order valence-electron chi connectivity index (χ4n) is 1.77. The first kappa shape index (κ1) is 16.2. The molecule has 1 nitrogen and oxygen atoms in total. The molecule has 2 aromatic carbocycles. The van der Waals surface area contributed by atoms with Gasteiger partial charge >= 0.3 is 0 Å². The van der Waals surface area contributed by atoms with Crippen molar-refractivity contribution in [2.45, 2.75) is 17.4 Å². The smallest absolute Gasteiger partial charge is 0.0674 e. The highest BCUT2D eigenvalue weighted by atomic mass is 79.9. The van der Waals surface area contributed by atoms with Gasteiger partial charge < -0.3 is 5.11 Å². The summed E-state index contributed by atoms with van der Waals surface area (Å²) in [6.07, 6.45) is 0.0275. The maximum absolute atomic E-state index is 10.1. The van der Waals surface area contributed by atoms with Gasteiger partial charge in [-0.05, 0) is 39.7 Å². The number of aliphatic hydroxyl groups is 1. The van der Waals surface area contributed by atoms with Gasteiger partial charge in [-0.1, -0.05) is 47.5 Å². The summed E-state index contributed by atoms with van der Waals surface area (Å²) in [5, 5.41) is 11.2. The van der Waals surface area contributed by atoms with Crippen molar-refractivity contribution >= 4 is 50.9 Å². The van der Waals surface area contributed by atoms with E-state index in [9.17, 15) is 5.11 Å². The molecule has 2 rings (SSSR count). The lowest BCUT2D eigenvalue weighted by Gasteiger charge is -2.12. The fraction of sp³-hybridized carbons (Fsp3) is 0.200. The Morgan fingerprint density at radius 3 is 2.60 bits per heavy atom. The number of hydrogen-bond acceptors (Lipinski definition) is 2. The average Bonchev–Trinajstić information content (AvgIpc) is 2.43. The van der Waals surface area contributed by atoms with Gasteiger partial charge in [-0.25, -0.2) is 0 Å². The molecular weight excluding hydrogens is 379 g/mol. The average molecular weight is 392 g/mol. The molecule has 0 radical (unpaired) electrons. The van der Waals surface area contributed by atoms with Crippen LogP contribution in [-0.4, -0.2) is 17.0 Å². The van der Waals surface area contributed by atoms with Crippen LogP contribution in [0.2, 0.25) is 10.0 Å². The Bertz CT molecular complexity index is 592. The maximum atomic E-state index is 10.1. The number of aliphatic hydroxyl groups excluding tert-OH is 1. The highest BCUT2D eigenvalue weighted by molar-refractivity contribution is 9.10. The van der Waals surface area contributed by atoms with Gasteiger partial charge in [0.2, 0.25) is 0 Å². The van der Waals surface area contributed by atoms with E-state index in [2.05, 4.69) is 15.9 Å². The summed E-state index contributed by atoms with van der Waals surface area (Å²) in [5.41, 5.74) is 0.874. The van der Waals surface area contributed by atoms with E-state index in [0.29, 0.717) is 22.2 Å². The summed E-state index contributed by atoms with van der Waals surface area (Å²) in [6, 6.07) is 13.4. The summed E-state index contributed by atoms with van der Waals surface area (Å²) in [7, 11) is 0. The number of halogens is 3. The van der Waals surface area contributed by atoms with Crippen molar-refractivity contribution in [3.8, 4) is 0 Å². The lowest BCUT2D eigenvalue weighted by atomic mass is 10.1. The Morgan fingerprint density at radius 1 is 1.10 bits per heavy atom. The second kappa shape index (κ2) is 7.71. The van der Waals surface area contributed by atoms with E-state index in [-0.39, 0.29) is 0 Å². The summed E-state index contributed by atoms with van der Waals surface area (Å²) in [6.45, 7) is 0. The van der Waals surface area contributed by atoms with Gasteiger partial charge in [0.05, 0.1) is 16.1 Å². The molecule has 5 heteroatoms. The van der Waals surface area contributed by atoms with Crippen LogP contribution in [0.5, 0.6) is 0 Å². The molecule has 0 amide bonds. The van der Waals surface area contributed by atoms with Gasteiger partial charge in [0, 0.05) is 21.5 Å². The van der Waals surface area contributed by atoms with Crippen LogP contribution in [0.3, 0.4) is 0 Å². The number of thioether (sulfide) groups is 1. The van der Waals surface area contributed by atoms with Gasteiger partial charge in [0.25, 0.3) is 0 Å². The van der Waals surface area contributed by atoms with Crippen molar-refractivity contribution in [2.75, 3.05) is 5.75 Å². The van der Waals surface area contributed by atoms with Crippen LogP contribution in [0.4, 0.5) is 0 Å². The zero-order valence-electron chi connectivity index (χ0n) is 10.5. The first-order valence-corrected chi connectivity index (χ1v) is 8.59. The molecule has 0 aliphatic rings. The van der Waals surface area contributed by atoms with Crippen LogP contribution in [0.25, 0.3) is 0 Å². The third kappa shape index (κ3) is 4.40. The van der Waals surface area contributed by atoms with Crippen molar-refractivity contribution in [3.05, 3.63) is 62.5 Å². The number of benzene rings is 2. The number of rotatable bonds is 5. The second-order valence-electron chi connectivity index (χ2n) is 4.31. The molecule has 2 aromatic rings. The van der Waals surface area contributed by atoms with E-state index in [0.717, 1.165) is 14.9 Å². The second-order valence-corrected chi connectivity index (χ2v) is 7.01. The monoisotopic (exact) mass is 390 g/mol. The minimum Gasteiger partial charge on any atom is -0.392 e. The van der Waals surface area contributed by atoms with Crippen LogP contribution < -0.4 is 0 Å². The minimum atomic E-state index is -0.469. The molecule has 106 valence electrons. The van der Waals surface area contributed by atoms with Crippen molar-refractivity contribution in [1.29, 1.82) is 0 Å². The Morgan fingerprint density at radius 2 is 1.85 bits per heavy atom. The molecule has 0 bridgehead atoms. The minimum absolute atomic E-state index is 0.469. The number of hydrogen-bond donors (Lipinski definition) is 1. The van der Waals surface area contributed by atoms with Gasteiger partial charge in [-0.2, -0.15) is 0 Å². The van der Waals surface area contributed by atoms with Crippen molar-refractivity contribution in [1.82, 2.24) is 0 Å². The van der Waals surface area contributed by atoms with Gasteiger partial charge in [0.1, 0.15) is 0 Å². The van der Waals surface area contributed by atoms with Crippen LogP contribution in [-0.2, 0) is 6.42 Å². The molecule has 0 saturated carbocycles. The van der Waals surface area contributed by atoms with Gasteiger partial charge in [-0.15, -0.1) is 11.8 Å².